The van der Waals surface area contributed by atoms with Gasteiger partial charge in [0.1, 0.15) is 5.58 Å². The highest BCUT2D eigenvalue weighted by Crippen LogP contribution is 2.28. The van der Waals surface area contributed by atoms with E-state index in [4.69, 9.17) is 9.40 Å². The standard InChI is InChI=1S/C26H18BrN3O3S/c27-18-10-12-20(13-11-18)30-15-22(21-14-17-6-4-5-9-23(17)33-25(21)32)29-26(30)34-16-24(31)28-19-7-2-1-3-8-19/h1-15H,16H2,(H,28,31). The van der Waals surface area contributed by atoms with Crippen LogP contribution in [-0.4, -0.2) is 21.2 Å². The predicted molar refractivity (Wildman–Crippen MR) is 139 cm³/mol. The van der Waals surface area contributed by atoms with E-state index in [1.54, 1.807) is 18.3 Å². The molecule has 3 aromatic carbocycles. The van der Waals surface area contributed by atoms with E-state index in [1.807, 2.05) is 77.4 Å². The molecule has 0 aliphatic carbocycles. The summed E-state index contributed by atoms with van der Waals surface area (Å²) in [6, 6.07) is 26.2. The number of nitrogens with one attached hydrogen (secondary N) is 1. The maximum absolute atomic E-state index is 12.7. The Morgan fingerprint density at radius 2 is 1.74 bits per heavy atom. The molecule has 2 aromatic heterocycles. The van der Waals surface area contributed by atoms with Gasteiger partial charge < -0.3 is 9.73 Å². The third kappa shape index (κ3) is 4.83. The maximum Gasteiger partial charge on any atom is 0.345 e. The molecule has 8 heteroatoms. The van der Waals surface area contributed by atoms with Crippen LogP contribution in [0, 0.1) is 0 Å². The van der Waals surface area contributed by atoms with E-state index < -0.39 is 5.63 Å². The van der Waals surface area contributed by atoms with Crippen molar-refractivity contribution in [1.29, 1.82) is 0 Å². The summed E-state index contributed by atoms with van der Waals surface area (Å²) in [5.74, 6) is 0.0158. The zero-order chi connectivity index (χ0) is 23.5. The molecule has 0 atom stereocenters. The average molecular weight is 532 g/mol. The van der Waals surface area contributed by atoms with E-state index in [-0.39, 0.29) is 11.7 Å². The average Bonchev–Trinajstić information content (AvgIpc) is 3.27. The Morgan fingerprint density at radius 3 is 2.53 bits per heavy atom. The lowest BCUT2D eigenvalue weighted by Gasteiger charge is -2.08. The number of imidazole rings is 1. The van der Waals surface area contributed by atoms with Crippen LogP contribution >= 0.6 is 27.7 Å². The summed E-state index contributed by atoms with van der Waals surface area (Å²) in [4.78, 5) is 29.9. The first kappa shape index (κ1) is 22.2. The summed E-state index contributed by atoms with van der Waals surface area (Å²) in [7, 11) is 0. The van der Waals surface area contributed by atoms with E-state index in [1.165, 1.54) is 11.8 Å². The molecule has 0 aliphatic rings. The number of halogens is 1. The molecule has 1 amide bonds. The lowest BCUT2D eigenvalue weighted by molar-refractivity contribution is -0.113. The van der Waals surface area contributed by atoms with Gasteiger partial charge in [-0.15, -0.1) is 0 Å². The molecule has 0 aliphatic heterocycles. The molecule has 0 saturated carbocycles. The van der Waals surface area contributed by atoms with Gasteiger partial charge in [0.15, 0.2) is 5.16 Å². The third-order valence-corrected chi connectivity index (χ3v) is 6.57. The second kappa shape index (κ2) is 9.70. The molecule has 0 saturated heterocycles. The summed E-state index contributed by atoms with van der Waals surface area (Å²) in [6.45, 7) is 0. The number of aromatic nitrogens is 2. The van der Waals surface area contributed by atoms with E-state index in [0.717, 1.165) is 21.2 Å². The Kier molecular flexibility index (Phi) is 6.33. The minimum absolute atomic E-state index is 0.145. The molecule has 6 nitrogen and oxygen atoms in total. The van der Waals surface area contributed by atoms with Crippen LogP contribution in [0.15, 0.2) is 110 Å². The lowest BCUT2D eigenvalue weighted by atomic mass is 10.1. The first-order valence-corrected chi connectivity index (χ1v) is 12.2. The fraction of sp³-hybridized carbons (Fsp3) is 0.0385. The normalized spacial score (nSPS) is 11.0. The molecule has 0 fully saturated rings. The summed E-state index contributed by atoms with van der Waals surface area (Å²) < 4.78 is 8.32. The lowest BCUT2D eigenvalue weighted by Crippen LogP contribution is -2.14. The predicted octanol–water partition coefficient (Wildman–Crippen LogP) is 6.14. The van der Waals surface area contributed by atoms with E-state index >= 15 is 0 Å². The molecule has 0 spiro atoms. The van der Waals surface area contributed by atoms with Crippen molar-refractivity contribution in [1.82, 2.24) is 9.55 Å². The van der Waals surface area contributed by atoms with Crippen molar-refractivity contribution in [2.75, 3.05) is 11.1 Å². The first-order valence-electron chi connectivity index (χ1n) is 10.4. The maximum atomic E-state index is 12.7. The molecule has 1 N–H and O–H groups in total. The Hall–Kier alpha value is -3.62. The number of rotatable bonds is 6. The number of hydrogen-bond donors (Lipinski definition) is 1. The molecule has 0 bridgehead atoms. The molecule has 5 aromatic rings. The fourth-order valence-corrected chi connectivity index (χ4v) is 4.53. The Morgan fingerprint density at radius 1 is 1.00 bits per heavy atom. The highest BCUT2D eigenvalue weighted by molar-refractivity contribution is 9.10. The van der Waals surface area contributed by atoms with Crippen molar-refractivity contribution >= 4 is 50.3 Å². The fourth-order valence-electron chi connectivity index (χ4n) is 3.47. The van der Waals surface area contributed by atoms with Crippen LogP contribution in [-0.2, 0) is 4.79 Å². The monoisotopic (exact) mass is 531 g/mol. The number of amides is 1. The Labute approximate surface area is 207 Å². The Balaban J connectivity index is 1.49. The van der Waals surface area contributed by atoms with Crippen molar-refractivity contribution < 1.29 is 9.21 Å². The van der Waals surface area contributed by atoms with Crippen LogP contribution < -0.4 is 10.9 Å². The number of thioether (sulfide) groups is 1. The number of carbonyl (C=O) groups is 1. The molecular formula is C26H18BrN3O3S. The zero-order valence-corrected chi connectivity index (χ0v) is 20.2. The quantitative estimate of drug-likeness (QED) is 0.210. The number of anilines is 1. The van der Waals surface area contributed by atoms with E-state index in [0.29, 0.717) is 22.0 Å². The van der Waals surface area contributed by atoms with Crippen LogP contribution in [0.3, 0.4) is 0 Å². The van der Waals surface area contributed by atoms with Crippen LogP contribution in [0.1, 0.15) is 0 Å². The van der Waals surface area contributed by atoms with Crippen LogP contribution in [0.25, 0.3) is 27.9 Å². The van der Waals surface area contributed by atoms with Crippen LogP contribution in [0.4, 0.5) is 5.69 Å². The highest BCUT2D eigenvalue weighted by Gasteiger charge is 2.17. The topological polar surface area (TPSA) is 77.1 Å². The van der Waals surface area contributed by atoms with Crippen molar-refractivity contribution in [3.63, 3.8) is 0 Å². The van der Waals surface area contributed by atoms with Gasteiger partial charge >= 0.3 is 5.63 Å². The van der Waals surface area contributed by atoms with Crippen molar-refractivity contribution in [3.05, 3.63) is 106 Å². The largest absolute Gasteiger partial charge is 0.422 e. The zero-order valence-electron chi connectivity index (χ0n) is 17.8. The smallest absolute Gasteiger partial charge is 0.345 e. The molecule has 2 heterocycles. The first-order chi connectivity index (χ1) is 16.6. The van der Waals surface area contributed by atoms with Gasteiger partial charge in [-0.25, -0.2) is 9.78 Å². The van der Waals surface area contributed by atoms with Crippen molar-refractivity contribution in [3.8, 4) is 16.9 Å². The molecule has 0 radical (unpaired) electrons. The van der Waals surface area contributed by atoms with Crippen molar-refractivity contribution in [2.24, 2.45) is 0 Å². The summed E-state index contributed by atoms with van der Waals surface area (Å²) in [5.41, 5.74) is 2.50. The second-order valence-electron chi connectivity index (χ2n) is 7.44. The van der Waals surface area contributed by atoms with E-state index in [2.05, 4.69) is 21.2 Å². The van der Waals surface area contributed by atoms with Gasteiger partial charge in [0.2, 0.25) is 5.91 Å². The minimum Gasteiger partial charge on any atom is -0.422 e. The van der Waals surface area contributed by atoms with Gasteiger partial charge in [-0.1, -0.05) is 64.1 Å². The number of fused-ring (bicyclic) bond motifs is 1. The van der Waals surface area contributed by atoms with Gasteiger partial charge in [0, 0.05) is 27.4 Å². The summed E-state index contributed by atoms with van der Waals surface area (Å²) in [5, 5.41) is 4.28. The number of hydrogen-bond acceptors (Lipinski definition) is 5. The van der Waals surface area contributed by atoms with Crippen molar-refractivity contribution in [2.45, 2.75) is 5.16 Å². The number of benzene rings is 3. The summed E-state index contributed by atoms with van der Waals surface area (Å²) >= 11 is 4.75. The molecule has 0 unspecified atom stereocenters. The summed E-state index contributed by atoms with van der Waals surface area (Å²) in [6.07, 6.45) is 1.79. The molecule has 34 heavy (non-hydrogen) atoms. The van der Waals surface area contributed by atoms with Gasteiger partial charge in [0.05, 0.1) is 17.0 Å². The highest BCUT2D eigenvalue weighted by atomic mass is 79.9. The minimum atomic E-state index is -0.461. The molecule has 168 valence electrons. The molecule has 5 rings (SSSR count). The van der Waals surface area contributed by atoms with Gasteiger partial charge in [-0.05, 0) is 48.5 Å². The number of para-hydroxylation sites is 2. The van der Waals surface area contributed by atoms with Gasteiger partial charge in [-0.2, -0.15) is 0 Å². The van der Waals surface area contributed by atoms with Gasteiger partial charge in [0.25, 0.3) is 0 Å². The Bertz CT molecular complexity index is 1530. The molecular weight excluding hydrogens is 514 g/mol. The number of carbonyl (C=O) groups excluding carboxylic acids is 1. The van der Waals surface area contributed by atoms with E-state index in [9.17, 15) is 9.59 Å². The number of nitrogens with zero attached hydrogens (tertiary/aromatic N) is 2. The van der Waals surface area contributed by atoms with Crippen LogP contribution in [0.5, 0.6) is 0 Å². The van der Waals surface area contributed by atoms with Gasteiger partial charge in [-0.3, -0.25) is 9.36 Å². The SMILES string of the molecule is O=C(CSc1nc(-c2cc3ccccc3oc2=O)cn1-c1ccc(Br)cc1)Nc1ccccc1. The van der Waals surface area contributed by atoms with Crippen LogP contribution in [0.2, 0.25) is 0 Å². The third-order valence-electron chi connectivity index (χ3n) is 5.09. The second-order valence-corrected chi connectivity index (χ2v) is 9.30.